The average molecular weight is 425 g/mol. The summed E-state index contributed by atoms with van der Waals surface area (Å²) >= 11 is 0. The zero-order chi connectivity index (χ0) is 22.5. The van der Waals surface area contributed by atoms with Gasteiger partial charge in [0.25, 0.3) is 0 Å². The van der Waals surface area contributed by atoms with Gasteiger partial charge in [-0.15, -0.1) is 0 Å². The van der Waals surface area contributed by atoms with Crippen LogP contribution in [0.4, 0.5) is 0 Å². The summed E-state index contributed by atoms with van der Waals surface area (Å²) in [4.78, 5) is 16.4. The molecule has 7 nitrogen and oxygen atoms in total. The van der Waals surface area contributed by atoms with Crippen molar-refractivity contribution in [1.29, 1.82) is 0 Å². The molecule has 1 heterocycles. The van der Waals surface area contributed by atoms with Gasteiger partial charge in [-0.1, -0.05) is 6.92 Å². The summed E-state index contributed by atoms with van der Waals surface area (Å²) in [5.41, 5.74) is 3.24. The Bertz CT molecular complexity index is 1110. The van der Waals surface area contributed by atoms with Gasteiger partial charge in [-0.25, -0.2) is 4.98 Å². The molecule has 0 saturated heterocycles. The molecule has 0 amide bonds. The van der Waals surface area contributed by atoms with Crippen molar-refractivity contribution in [2.24, 2.45) is 0 Å². The zero-order valence-electron chi connectivity index (χ0n) is 18.7. The maximum Gasteiger partial charge on any atom is 0.303 e. The molecule has 0 unspecified atom stereocenters. The number of fused-ring (bicyclic) bond motifs is 1. The van der Waals surface area contributed by atoms with Gasteiger partial charge in [0.1, 0.15) is 6.61 Å². The van der Waals surface area contributed by atoms with Crippen LogP contribution in [0.2, 0.25) is 0 Å². The minimum atomic E-state index is -0.357. The van der Waals surface area contributed by atoms with Gasteiger partial charge >= 0.3 is 5.97 Å². The molecule has 0 atom stereocenters. The van der Waals surface area contributed by atoms with Crippen LogP contribution in [0.3, 0.4) is 0 Å². The van der Waals surface area contributed by atoms with E-state index < -0.39 is 0 Å². The van der Waals surface area contributed by atoms with Gasteiger partial charge in [-0.05, 0) is 47.7 Å². The van der Waals surface area contributed by atoms with Crippen molar-refractivity contribution in [3.05, 3.63) is 41.6 Å². The molecule has 0 radical (unpaired) electrons. The van der Waals surface area contributed by atoms with Gasteiger partial charge in [0.15, 0.2) is 23.0 Å². The summed E-state index contributed by atoms with van der Waals surface area (Å²) < 4.78 is 27.2. The first kappa shape index (κ1) is 22.2. The molecule has 0 fully saturated rings. The molecule has 1 aromatic heterocycles. The summed E-state index contributed by atoms with van der Waals surface area (Å²) in [7, 11) is 6.39. The quantitative estimate of drug-likeness (QED) is 0.490. The number of rotatable bonds is 8. The Kier molecular flexibility index (Phi) is 6.84. The van der Waals surface area contributed by atoms with E-state index in [1.54, 1.807) is 28.4 Å². The third kappa shape index (κ3) is 4.35. The van der Waals surface area contributed by atoms with Crippen LogP contribution in [0.25, 0.3) is 22.0 Å². The monoisotopic (exact) mass is 425 g/mol. The van der Waals surface area contributed by atoms with E-state index in [4.69, 9.17) is 28.7 Å². The molecule has 0 saturated carbocycles. The lowest BCUT2D eigenvalue weighted by molar-refractivity contribution is -0.142. The summed E-state index contributed by atoms with van der Waals surface area (Å²) in [5, 5.41) is 1.86. The minimum Gasteiger partial charge on any atom is -0.493 e. The normalized spacial score (nSPS) is 10.6. The summed E-state index contributed by atoms with van der Waals surface area (Å²) in [6, 6.07) is 9.49. The SMILES string of the molecule is CCc1c(COC(C)=O)nc(-c2ccc(OC)c(OC)c2)c2cc(OC)c(OC)cc12. The molecular formula is C24H27NO6. The van der Waals surface area contributed by atoms with Gasteiger partial charge in [0, 0.05) is 17.9 Å². The van der Waals surface area contributed by atoms with E-state index in [0.717, 1.165) is 27.6 Å². The highest BCUT2D eigenvalue weighted by Crippen LogP contribution is 2.40. The van der Waals surface area contributed by atoms with Crippen molar-refractivity contribution in [3.8, 4) is 34.3 Å². The molecule has 0 bridgehead atoms. The largest absolute Gasteiger partial charge is 0.493 e. The van der Waals surface area contributed by atoms with Crippen molar-refractivity contribution in [2.75, 3.05) is 28.4 Å². The fourth-order valence-corrected chi connectivity index (χ4v) is 3.63. The lowest BCUT2D eigenvalue weighted by Crippen LogP contribution is -2.07. The highest BCUT2D eigenvalue weighted by Gasteiger charge is 2.19. The molecule has 0 aliphatic carbocycles. The number of ether oxygens (including phenoxy) is 5. The van der Waals surface area contributed by atoms with Crippen LogP contribution in [0.1, 0.15) is 25.1 Å². The van der Waals surface area contributed by atoms with E-state index in [2.05, 4.69) is 0 Å². The molecule has 7 heteroatoms. The summed E-state index contributed by atoms with van der Waals surface area (Å²) in [6.07, 6.45) is 0.710. The van der Waals surface area contributed by atoms with Crippen molar-refractivity contribution in [3.63, 3.8) is 0 Å². The van der Waals surface area contributed by atoms with Gasteiger partial charge < -0.3 is 23.7 Å². The second-order valence-corrected chi connectivity index (χ2v) is 6.84. The Labute approximate surface area is 181 Å². The van der Waals surface area contributed by atoms with Crippen LogP contribution in [0.5, 0.6) is 23.0 Å². The van der Waals surface area contributed by atoms with Crippen LogP contribution >= 0.6 is 0 Å². The van der Waals surface area contributed by atoms with Gasteiger partial charge in [-0.2, -0.15) is 0 Å². The first-order chi connectivity index (χ1) is 15.0. The number of pyridine rings is 1. The van der Waals surface area contributed by atoms with Gasteiger partial charge in [0.05, 0.1) is 39.8 Å². The Balaban J connectivity index is 2.36. The fourth-order valence-electron chi connectivity index (χ4n) is 3.63. The number of aromatic nitrogens is 1. The number of nitrogens with zero attached hydrogens (tertiary/aromatic N) is 1. The molecule has 2 aromatic carbocycles. The Morgan fingerprint density at radius 3 is 1.97 bits per heavy atom. The van der Waals surface area contributed by atoms with Crippen LogP contribution in [0.15, 0.2) is 30.3 Å². The first-order valence-electron chi connectivity index (χ1n) is 9.90. The smallest absolute Gasteiger partial charge is 0.303 e. The Morgan fingerprint density at radius 1 is 0.839 bits per heavy atom. The summed E-state index contributed by atoms with van der Waals surface area (Å²) in [6.45, 7) is 3.51. The summed E-state index contributed by atoms with van der Waals surface area (Å²) in [5.74, 6) is 2.08. The number of aryl methyl sites for hydroxylation is 1. The third-order valence-electron chi connectivity index (χ3n) is 5.12. The average Bonchev–Trinajstić information content (AvgIpc) is 2.80. The van der Waals surface area contributed by atoms with Crippen LogP contribution < -0.4 is 18.9 Å². The predicted molar refractivity (Wildman–Crippen MR) is 118 cm³/mol. The number of carbonyl (C=O) groups is 1. The van der Waals surface area contributed by atoms with E-state index in [1.807, 2.05) is 37.3 Å². The highest BCUT2D eigenvalue weighted by atomic mass is 16.5. The molecule has 3 rings (SSSR count). The predicted octanol–water partition coefficient (Wildman–Crippen LogP) is 4.56. The van der Waals surface area contributed by atoms with E-state index in [9.17, 15) is 4.79 Å². The Hall–Kier alpha value is -3.48. The maximum atomic E-state index is 11.5. The molecule has 164 valence electrons. The Morgan fingerprint density at radius 2 is 1.42 bits per heavy atom. The lowest BCUT2D eigenvalue weighted by Gasteiger charge is -2.18. The minimum absolute atomic E-state index is 0.0864. The van der Waals surface area contributed by atoms with E-state index in [1.165, 1.54) is 6.92 Å². The number of methoxy groups -OCH3 is 4. The molecule has 0 aliphatic heterocycles. The van der Waals surface area contributed by atoms with Crippen molar-refractivity contribution >= 4 is 16.7 Å². The molecule has 0 aliphatic rings. The number of benzene rings is 2. The highest BCUT2D eigenvalue weighted by molar-refractivity contribution is 5.99. The molecule has 3 aromatic rings. The number of carbonyl (C=O) groups excluding carboxylic acids is 1. The van der Waals surface area contributed by atoms with Gasteiger partial charge in [-0.3, -0.25) is 4.79 Å². The van der Waals surface area contributed by atoms with Crippen LogP contribution in [-0.4, -0.2) is 39.4 Å². The third-order valence-corrected chi connectivity index (χ3v) is 5.12. The second kappa shape index (κ2) is 9.55. The van der Waals surface area contributed by atoms with Crippen molar-refractivity contribution < 1.29 is 28.5 Å². The number of hydrogen-bond acceptors (Lipinski definition) is 7. The van der Waals surface area contributed by atoms with E-state index in [-0.39, 0.29) is 12.6 Å². The van der Waals surface area contributed by atoms with Gasteiger partial charge in [0.2, 0.25) is 0 Å². The van der Waals surface area contributed by atoms with E-state index >= 15 is 0 Å². The second-order valence-electron chi connectivity index (χ2n) is 6.84. The lowest BCUT2D eigenvalue weighted by atomic mass is 9.96. The molecule has 31 heavy (non-hydrogen) atoms. The van der Waals surface area contributed by atoms with Crippen molar-refractivity contribution in [2.45, 2.75) is 26.9 Å². The van der Waals surface area contributed by atoms with E-state index in [0.29, 0.717) is 35.1 Å². The standard InChI is InChI=1S/C24H27NO6/c1-7-16-17-11-22(29-5)23(30-6)12-18(17)24(25-19(16)13-31-14(2)26)15-8-9-20(27-3)21(10-15)28-4/h8-12H,7,13H2,1-6H3. The fraction of sp³-hybridized carbons (Fsp3) is 0.333. The van der Waals surface area contributed by atoms with Crippen LogP contribution in [0, 0.1) is 0 Å². The van der Waals surface area contributed by atoms with Crippen LogP contribution in [-0.2, 0) is 22.6 Å². The number of hydrogen-bond donors (Lipinski definition) is 0. The molecule has 0 N–H and O–H groups in total. The first-order valence-corrected chi connectivity index (χ1v) is 9.90. The number of esters is 1. The van der Waals surface area contributed by atoms with Crippen molar-refractivity contribution in [1.82, 2.24) is 4.98 Å². The topological polar surface area (TPSA) is 76.1 Å². The molecule has 0 spiro atoms. The zero-order valence-corrected chi connectivity index (χ0v) is 18.7. The molecular weight excluding hydrogens is 398 g/mol. The maximum absolute atomic E-state index is 11.5.